The summed E-state index contributed by atoms with van der Waals surface area (Å²) < 4.78 is 5.65. The van der Waals surface area contributed by atoms with Crippen molar-refractivity contribution in [1.29, 1.82) is 0 Å². The minimum Gasteiger partial charge on any atom is -0.427 e. The van der Waals surface area contributed by atoms with Gasteiger partial charge in [0.2, 0.25) is 0 Å². The first-order valence-electron chi connectivity index (χ1n) is 6.56. The molecule has 0 aromatic heterocycles. The van der Waals surface area contributed by atoms with Crippen molar-refractivity contribution in [3.63, 3.8) is 0 Å². The molecule has 0 unspecified atom stereocenters. The second-order valence-corrected chi connectivity index (χ2v) is 5.92. The molecule has 0 spiro atoms. The molecule has 2 rings (SSSR count). The number of hydrogen-bond acceptors (Lipinski definition) is 1. The summed E-state index contributed by atoms with van der Waals surface area (Å²) in [4.78, 5) is 0. The predicted molar refractivity (Wildman–Crippen MR) is 80.9 cm³/mol. The fraction of sp³-hybridized carbons (Fsp3) is 0.600. The highest BCUT2D eigenvalue weighted by Gasteiger charge is 2.28. The summed E-state index contributed by atoms with van der Waals surface area (Å²) in [6.07, 6.45) is 4.17. The lowest BCUT2D eigenvalue weighted by atomic mass is 9.73. The molecule has 1 aliphatic rings. The van der Waals surface area contributed by atoms with Gasteiger partial charge in [-0.2, -0.15) is 0 Å². The van der Waals surface area contributed by atoms with Crippen LogP contribution in [0.4, 0.5) is 0 Å². The van der Waals surface area contributed by atoms with Crippen LogP contribution >= 0.6 is 23.0 Å². The zero-order valence-corrected chi connectivity index (χ0v) is 13.0. The lowest BCUT2D eigenvalue weighted by Crippen LogP contribution is -2.18. The van der Waals surface area contributed by atoms with Crippen molar-refractivity contribution in [3.05, 3.63) is 29.3 Å². The van der Waals surface area contributed by atoms with Crippen LogP contribution in [0.3, 0.4) is 0 Å². The van der Waals surface area contributed by atoms with Gasteiger partial charge in [-0.15, -0.1) is 0 Å². The summed E-state index contributed by atoms with van der Waals surface area (Å²) in [6, 6.07) is 6.61. The van der Waals surface area contributed by atoms with Crippen LogP contribution in [0.2, 0.25) is 0 Å². The molecule has 1 aliphatic carbocycles. The van der Waals surface area contributed by atoms with E-state index in [9.17, 15) is 0 Å². The third kappa shape index (κ3) is 2.61. The number of para-hydroxylation sites is 1. The third-order valence-electron chi connectivity index (χ3n) is 4.12. The highest BCUT2D eigenvalue weighted by Crippen LogP contribution is 2.44. The van der Waals surface area contributed by atoms with E-state index in [1.807, 2.05) is 23.0 Å². The molecule has 1 saturated carbocycles. The Balaban J connectivity index is 2.35. The largest absolute Gasteiger partial charge is 0.427 e. The summed E-state index contributed by atoms with van der Waals surface area (Å²) in [5, 5.41) is 0. The second-order valence-electron chi connectivity index (χ2n) is 5.48. The molecule has 0 amide bonds. The molecular weight excluding hydrogens is 323 g/mol. The van der Waals surface area contributed by atoms with Crippen LogP contribution in [-0.4, -0.2) is 0 Å². The van der Waals surface area contributed by atoms with Gasteiger partial charge in [0.1, 0.15) is 5.75 Å². The molecule has 17 heavy (non-hydrogen) atoms. The van der Waals surface area contributed by atoms with Crippen molar-refractivity contribution in [2.45, 2.75) is 51.9 Å². The first-order chi connectivity index (χ1) is 8.15. The molecule has 2 heteroatoms. The SMILES string of the molecule is CC(C)c1cccc([C@H](C)C2CCC2)c1OI. The summed E-state index contributed by atoms with van der Waals surface area (Å²) >= 11 is 2.02. The topological polar surface area (TPSA) is 9.23 Å². The minimum absolute atomic E-state index is 0.522. The third-order valence-corrected chi connectivity index (χ3v) is 4.56. The molecule has 1 atom stereocenters. The number of hydrogen-bond donors (Lipinski definition) is 0. The highest BCUT2D eigenvalue weighted by atomic mass is 127. The Hall–Kier alpha value is -0.250. The standard InChI is InChI=1S/C15H21IO/c1-10(2)13-8-5-9-14(15(13)17-16)11(3)12-6-4-7-12/h5,8-12H,4,6-7H2,1-3H3/t11-/m1/s1. The molecule has 0 heterocycles. The predicted octanol–water partition coefficient (Wildman–Crippen LogP) is 5.44. The lowest BCUT2D eigenvalue weighted by molar-refractivity contribution is 0.270. The molecule has 94 valence electrons. The van der Waals surface area contributed by atoms with Gasteiger partial charge < -0.3 is 3.07 Å². The van der Waals surface area contributed by atoms with E-state index in [-0.39, 0.29) is 0 Å². The fourth-order valence-corrected chi connectivity index (χ4v) is 3.18. The van der Waals surface area contributed by atoms with Crippen LogP contribution in [0.25, 0.3) is 0 Å². The van der Waals surface area contributed by atoms with Gasteiger partial charge in [-0.3, -0.25) is 0 Å². The Morgan fingerprint density at radius 2 is 1.82 bits per heavy atom. The Morgan fingerprint density at radius 1 is 1.18 bits per heavy atom. The average Bonchev–Trinajstić information content (AvgIpc) is 2.25. The van der Waals surface area contributed by atoms with Crippen molar-refractivity contribution in [2.24, 2.45) is 5.92 Å². The minimum atomic E-state index is 0.522. The maximum Gasteiger partial charge on any atom is 0.192 e. The van der Waals surface area contributed by atoms with Crippen LogP contribution < -0.4 is 3.07 Å². The van der Waals surface area contributed by atoms with Gasteiger partial charge in [0.05, 0.1) is 0 Å². The normalized spacial score (nSPS) is 17.9. The molecule has 1 fully saturated rings. The second kappa shape index (κ2) is 5.59. The van der Waals surface area contributed by atoms with Gasteiger partial charge >= 0.3 is 0 Å². The van der Waals surface area contributed by atoms with Gasteiger partial charge in [-0.05, 0) is 41.7 Å². The van der Waals surface area contributed by atoms with Gasteiger partial charge in [0.25, 0.3) is 0 Å². The fourth-order valence-electron chi connectivity index (χ4n) is 2.67. The van der Waals surface area contributed by atoms with E-state index < -0.39 is 0 Å². The van der Waals surface area contributed by atoms with Crippen LogP contribution in [-0.2, 0) is 0 Å². The van der Waals surface area contributed by atoms with Crippen molar-refractivity contribution in [1.82, 2.24) is 0 Å². The highest BCUT2D eigenvalue weighted by molar-refractivity contribution is 14.1. The van der Waals surface area contributed by atoms with Crippen LogP contribution in [0, 0.1) is 5.92 Å². The molecule has 1 aromatic carbocycles. The molecule has 0 saturated heterocycles. The van der Waals surface area contributed by atoms with Gasteiger partial charge in [0, 0.05) is 0 Å². The number of halogens is 1. The van der Waals surface area contributed by atoms with Crippen molar-refractivity contribution in [3.8, 4) is 5.75 Å². The Bertz CT molecular complexity index is 383. The summed E-state index contributed by atoms with van der Waals surface area (Å²) in [5.74, 6) is 3.13. The Kier molecular flexibility index (Phi) is 4.34. The molecule has 1 nitrogen and oxygen atoms in total. The van der Waals surface area contributed by atoms with Crippen LogP contribution in [0.15, 0.2) is 18.2 Å². The lowest BCUT2D eigenvalue weighted by Gasteiger charge is -2.32. The molecule has 0 N–H and O–H groups in total. The van der Waals surface area contributed by atoms with Crippen molar-refractivity contribution < 1.29 is 3.07 Å². The number of benzene rings is 1. The zero-order chi connectivity index (χ0) is 12.4. The van der Waals surface area contributed by atoms with Crippen LogP contribution in [0.5, 0.6) is 5.75 Å². The first-order valence-corrected chi connectivity index (χ1v) is 7.44. The van der Waals surface area contributed by atoms with E-state index in [1.54, 1.807) is 0 Å². The van der Waals surface area contributed by atoms with Gasteiger partial charge in [-0.25, -0.2) is 0 Å². The van der Waals surface area contributed by atoms with E-state index in [0.717, 1.165) is 11.7 Å². The first kappa shape index (κ1) is 13.2. The average molecular weight is 344 g/mol. The van der Waals surface area contributed by atoms with E-state index in [1.165, 1.54) is 30.4 Å². The smallest absolute Gasteiger partial charge is 0.192 e. The number of rotatable bonds is 4. The Labute approximate surface area is 119 Å². The molecular formula is C15H21IO. The quantitative estimate of drug-likeness (QED) is 0.661. The van der Waals surface area contributed by atoms with Gasteiger partial charge in [0.15, 0.2) is 23.0 Å². The Morgan fingerprint density at radius 3 is 2.29 bits per heavy atom. The van der Waals surface area contributed by atoms with Crippen LogP contribution in [0.1, 0.15) is 63.0 Å². The maximum absolute atomic E-state index is 5.65. The molecule has 1 aromatic rings. The van der Waals surface area contributed by atoms with E-state index in [0.29, 0.717) is 11.8 Å². The van der Waals surface area contributed by atoms with Crippen molar-refractivity contribution in [2.75, 3.05) is 0 Å². The molecule has 0 aliphatic heterocycles. The summed E-state index contributed by atoms with van der Waals surface area (Å²) in [5.41, 5.74) is 2.73. The summed E-state index contributed by atoms with van der Waals surface area (Å²) in [7, 11) is 0. The van der Waals surface area contributed by atoms with E-state index in [2.05, 4.69) is 39.0 Å². The van der Waals surface area contributed by atoms with E-state index in [4.69, 9.17) is 3.07 Å². The van der Waals surface area contributed by atoms with Gasteiger partial charge in [-0.1, -0.05) is 45.4 Å². The van der Waals surface area contributed by atoms with Crippen molar-refractivity contribution >= 4 is 23.0 Å². The van der Waals surface area contributed by atoms with E-state index >= 15 is 0 Å². The monoisotopic (exact) mass is 344 g/mol. The summed E-state index contributed by atoms with van der Waals surface area (Å²) in [6.45, 7) is 6.81. The molecule has 0 radical (unpaired) electrons. The maximum atomic E-state index is 5.65. The molecule has 0 bridgehead atoms. The zero-order valence-electron chi connectivity index (χ0n) is 10.9.